The molecule has 0 saturated carbocycles. The fourth-order valence-electron chi connectivity index (χ4n) is 3.97. The zero-order chi connectivity index (χ0) is 25.0. The first-order valence-electron chi connectivity index (χ1n) is 11.0. The molecule has 180 valence electrons. The number of hydrogen-bond donors (Lipinski definition) is 0. The van der Waals surface area contributed by atoms with Gasteiger partial charge in [-0.1, -0.05) is 17.7 Å². The first kappa shape index (κ1) is 24.8. The van der Waals surface area contributed by atoms with Crippen molar-refractivity contribution in [2.75, 3.05) is 20.8 Å². The smallest absolute Gasteiger partial charge is 0.330 e. The number of carbonyl (C=O) groups is 1. The molecule has 0 aliphatic rings. The summed E-state index contributed by atoms with van der Waals surface area (Å²) < 4.78 is 18.7. The summed E-state index contributed by atoms with van der Waals surface area (Å²) in [4.78, 5) is 30.6. The molecule has 0 aliphatic carbocycles. The van der Waals surface area contributed by atoms with Crippen LogP contribution in [0.3, 0.4) is 0 Å². The molecule has 1 aromatic heterocycles. The van der Waals surface area contributed by atoms with Gasteiger partial charge in [-0.3, -0.25) is 13.9 Å². The van der Waals surface area contributed by atoms with Crippen molar-refractivity contribution in [3.05, 3.63) is 69.1 Å². The second-order valence-corrected chi connectivity index (χ2v) is 8.05. The highest BCUT2D eigenvalue weighted by Gasteiger charge is 2.16. The Labute approximate surface area is 199 Å². The molecule has 2 aromatic carbocycles. The van der Waals surface area contributed by atoms with Crippen LogP contribution in [0.25, 0.3) is 11.3 Å². The summed E-state index contributed by atoms with van der Waals surface area (Å²) in [5.74, 6) is 0.566. The molecule has 3 aromatic rings. The minimum atomic E-state index is -0.499. The molecule has 3 rings (SSSR count). The zero-order valence-electron chi connectivity index (χ0n) is 20.8. The fourth-order valence-corrected chi connectivity index (χ4v) is 3.97. The Morgan fingerprint density at radius 1 is 0.971 bits per heavy atom. The Bertz CT molecular complexity index is 1330. The largest absolute Gasteiger partial charge is 0.493 e. The SMILES string of the molecule is CCOC(=O)Cn1c(-c2ccc(OC)c(OC)c2)cc(=Nc2c(C)cc(C)cc2C)n(C)c1=O. The molecule has 0 amide bonds. The molecule has 0 radical (unpaired) electrons. The van der Waals surface area contributed by atoms with Gasteiger partial charge in [0.15, 0.2) is 11.5 Å². The molecule has 0 atom stereocenters. The van der Waals surface area contributed by atoms with Gasteiger partial charge in [-0.05, 0) is 57.0 Å². The number of aryl methyl sites for hydroxylation is 3. The van der Waals surface area contributed by atoms with Gasteiger partial charge in [-0.25, -0.2) is 9.79 Å². The summed E-state index contributed by atoms with van der Waals surface area (Å²) in [5, 5.41) is 0. The average molecular weight is 466 g/mol. The Balaban J connectivity index is 2.33. The number of benzene rings is 2. The molecule has 34 heavy (non-hydrogen) atoms. The highest BCUT2D eigenvalue weighted by Crippen LogP contribution is 2.32. The monoisotopic (exact) mass is 465 g/mol. The minimum Gasteiger partial charge on any atom is -0.493 e. The van der Waals surface area contributed by atoms with Crippen molar-refractivity contribution >= 4 is 11.7 Å². The highest BCUT2D eigenvalue weighted by molar-refractivity contribution is 5.71. The third kappa shape index (κ3) is 5.06. The van der Waals surface area contributed by atoms with Gasteiger partial charge in [-0.2, -0.15) is 0 Å². The number of rotatable bonds is 7. The fraction of sp³-hybridized carbons (Fsp3) is 0.346. The van der Waals surface area contributed by atoms with Crippen LogP contribution in [-0.4, -0.2) is 35.9 Å². The van der Waals surface area contributed by atoms with E-state index in [-0.39, 0.29) is 18.8 Å². The van der Waals surface area contributed by atoms with Crippen LogP contribution < -0.4 is 20.7 Å². The molecular formula is C26H31N3O5. The van der Waals surface area contributed by atoms with E-state index in [2.05, 4.69) is 12.1 Å². The highest BCUT2D eigenvalue weighted by atomic mass is 16.5. The number of ether oxygens (including phenoxy) is 3. The molecule has 0 spiro atoms. The molecule has 0 bridgehead atoms. The van der Waals surface area contributed by atoms with E-state index in [0.29, 0.717) is 28.2 Å². The predicted octanol–water partition coefficient (Wildman–Crippen LogP) is 3.59. The van der Waals surface area contributed by atoms with Crippen LogP contribution in [0.5, 0.6) is 11.5 Å². The van der Waals surface area contributed by atoms with E-state index >= 15 is 0 Å². The van der Waals surface area contributed by atoms with E-state index in [1.165, 1.54) is 9.13 Å². The minimum absolute atomic E-state index is 0.227. The van der Waals surface area contributed by atoms with Crippen LogP contribution in [0, 0.1) is 20.8 Å². The average Bonchev–Trinajstić information content (AvgIpc) is 2.80. The van der Waals surface area contributed by atoms with Crippen molar-refractivity contribution < 1.29 is 19.0 Å². The van der Waals surface area contributed by atoms with Crippen LogP contribution in [0.4, 0.5) is 5.69 Å². The molecule has 0 saturated heterocycles. The molecular weight excluding hydrogens is 434 g/mol. The lowest BCUT2D eigenvalue weighted by Crippen LogP contribution is -2.40. The van der Waals surface area contributed by atoms with Crippen LogP contribution in [0.1, 0.15) is 23.6 Å². The lowest BCUT2D eigenvalue weighted by Gasteiger charge is -2.16. The van der Waals surface area contributed by atoms with Gasteiger partial charge in [0, 0.05) is 18.7 Å². The number of carbonyl (C=O) groups excluding carboxylic acids is 1. The summed E-state index contributed by atoms with van der Waals surface area (Å²) in [6, 6.07) is 11.2. The number of hydrogen-bond acceptors (Lipinski definition) is 6. The number of nitrogens with zero attached hydrogens (tertiary/aromatic N) is 3. The topological polar surface area (TPSA) is 84.0 Å². The van der Waals surface area contributed by atoms with Crippen molar-refractivity contribution in [1.29, 1.82) is 0 Å². The van der Waals surface area contributed by atoms with E-state index in [1.807, 2.05) is 26.8 Å². The van der Waals surface area contributed by atoms with Crippen molar-refractivity contribution in [1.82, 2.24) is 9.13 Å². The number of methoxy groups -OCH3 is 2. The van der Waals surface area contributed by atoms with E-state index in [1.54, 1.807) is 46.4 Å². The number of esters is 1. The predicted molar refractivity (Wildman–Crippen MR) is 131 cm³/mol. The normalized spacial score (nSPS) is 11.4. The van der Waals surface area contributed by atoms with Gasteiger partial charge in [0.1, 0.15) is 12.0 Å². The van der Waals surface area contributed by atoms with E-state index in [4.69, 9.17) is 19.2 Å². The Kier molecular flexibility index (Phi) is 7.61. The van der Waals surface area contributed by atoms with E-state index in [0.717, 1.165) is 22.4 Å². The Morgan fingerprint density at radius 2 is 1.62 bits per heavy atom. The van der Waals surface area contributed by atoms with Gasteiger partial charge in [-0.15, -0.1) is 0 Å². The van der Waals surface area contributed by atoms with Gasteiger partial charge in [0.25, 0.3) is 0 Å². The first-order chi connectivity index (χ1) is 16.2. The van der Waals surface area contributed by atoms with Crippen LogP contribution in [0.2, 0.25) is 0 Å². The van der Waals surface area contributed by atoms with Gasteiger partial charge in [0.05, 0.1) is 32.2 Å². The van der Waals surface area contributed by atoms with Crippen molar-refractivity contribution in [3.63, 3.8) is 0 Å². The third-order valence-corrected chi connectivity index (χ3v) is 5.55. The van der Waals surface area contributed by atoms with Crippen molar-refractivity contribution in [3.8, 4) is 22.8 Å². The molecule has 8 nitrogen and oxygen atoms in total. The molecule has 0 N–H and O–H groups in total. The molecule has 1 heterocycles. The second kappa shape index (κ2) is 10.4. The van der Waals surface area contributed by atoms with E-state index < -0.39 is 5.97 Å². The molecule has 8 heteroatoms. The van der Waals surface area contributed by atoms with Gasteiger partial charge >= 0.3 is 11.7 Å². The maximum absolute atomic E-state index is 13.4. The summed E-state index contributed by atoms with van der Waals surface area (Å²) in [6.07, 6.45) is 0. The van der Waals surface area contributed by atoms with Crippen LogP contribution in [-0.2, 0) is 23.1 Å². The van der Waals surface area contributed by atoms with Crippen LogP contribution >= 0.6 is 0 Å². The number of aromatic nitrogens is 2. The standard InChI is InChI=1S/C26H31N3O5/c1-8-34-24(30)15-29-20(19-9-10-21(32-6)22(13-19)33-7)14-23(28(5)26(29)31)27-25-17(3)11-16(2)12-18(25)4/h9-14H,8,15H2,1-7H3. The Morgan fingerprint density at radius 3 is 2.21 bits per heavy atom. The summed E-state index contributed by atoms with van der Waals surface area (Å²) in [5.41, 5.74) is 5.25. The second-order valence-electron chi connectivity index (χ2n) is 8.05. The first-order valence-corrected chi connectivity index (χ1v) is 11.0. The maximum Gasteiger partial charge on any atom is 0.330 e. The quantitative estimate of drug-likeness (QED) is 0.498. The molecule has 0 fully saturated rings. The molecule has 0 aliphatic heterocycles. The van der Waals surface area contributed by atoms with Gasteiger partial charge < -0.3 is 14.2 Å². The van der Waals surface area contributed by atoms with E-state index in [9.17, 15) is 9.59 Å². The third-order valence-electron chi connectivity index (χ3n) is 5.55. The van der Waals surface area contributed by atoms with Crippen molar-refractivity contribution in [2.24, 2.45) is 12.0 Å². The maximum atomic E-state index is 13.4. The summed E-state index contributed by atoms with van der Waals surface area (Å²) in [6.45, 7) is 7.75. The lowest BCUT2D eigenvalue weighted by atomic mass is 10.1. The van der Waals surface area contributed by atoms with Gasteiger partial charge in [0.2, 0.25) is 0 Å². The van der Waals surface area contributed by atoms with Crippen molar-refractivity contribution in [2.45, 2.75) is 34.2 Å². The molecule has 0 unspecified atom stereocenters. The zero-order valence-corrected chi connectivity index (χ0v) is 20.8. The lowest BCUT2D eigenvalue weighted by molar-refractivity contribution is -0.143. The summed E-state index contributed by atoms with van der Waals surface area (Å²) >= 11 is 0. The summed E-state index contributed by atoms with van der Waals surface area (Å²) in [7, 11) is 4.74. The Hall–Kier alpha value is -3.81. The van der Waals surface area contributed by atoms with Crippen LogP contribution in [0.15, 0.2) is 46.2 Å².